The lowest BCUT2D eigenvalue weighted by molar-refractivity contribution is -0.151. The van der Waals surface area contributed by atoms with Crippen molar-refractivity contribution < 1.29 is 23.7 Å². The fraction of sp³-hybridized carbons (Fsp3) is 0.263. The largest absolute Gasteiger partial charge is 0.497 e. The number of hydrogen-bond acceptors (Lipinski definition) is 6. The summed E-state index contributed by atoms with van der Waals surface area (Å²) in [5.74, 6) is 1.42. The van der Waals surface area contributed by atoms with E-state index >= 15 is 0 Å². The van der Waals surface area contributed by atoms with Gasteiger partial charge in [-0.05, 0) is 55.5 Å². The summed E-state index contributed by atoms with van der Waals surface area (Å²) in [6.45, 7) is 1.96. The van der Waals surface area contributed by atoms with Crippen LogP contribution in [-0.4, -0.2) is 32.4 Å². The van der Waals surface area contributed by atoms with Gasteiger partial charge in [-0.25, -0.2) is 4.79 Å². The number of rotatable bonds is 8. The average Bonchev–Trinajstić information content (AvgIpc) is 2.66. The molecule has 0 aromatic heterocycles. The Morgan fingerprint density at radius 1 is 1.00 bits per heavy atom. The normalized spacial score (nSPS) is 11.1. The number of methoxy groups -OCH3 is 1. The van der Waals surface area contributed by atoms with Crippen LogP contribution in [0.25, 0.3) is 0 Å². The minimum atomic E-state index is -0.756. The van der Waals surface area contributed by atoms with Crippen molar-refractivity contribution >= 4 is 5.97 Å². The Labute approximate surface area is 146 Å². The molecule has 130 valence electrons. The Bertz CT molecular complexity index is 719. The molecule has 6 nitrogen and oxygen atoms in total. The maximum Gasteiger partial charge on any atom is 0.347 e. The van der Waals surface area contributed by atoms with Gasteiger partial charge in [0.05, 0.1) is 18.7 Å². The van der Waals surface area contributed by atoms with Gasteiger partial charge < -0.3 is 18.9 Å². The molecule has 0 saturated carbocycles. The molecular weight excluding hydrogens is 322 g/mol. The lowest BCUT2D eigenvalue weighted by Crippen LogP contribution is -2.27. The van der Waals surface area contributed by atoms with Crippen LogP contribution in [0.3, 0.4) is 0 Å². The number of carbonyl (C=O) groups excluding carboxylic acids is 1. The number of ether oxygens (including phenoxy) is 4. The van der Waals surface area contributed by atoms with Crippen LogP contribution in [-0.2, 0) is 9.53 Å². The van der Waals surface area contributed by atoms with Gasteiger partial charge in [0.25, 0.3) is 0 Å². The van der Waals surface area contributed by atoms with Crippen molar-refractivity contribution in [2.24, 2.45) is 0 Å². The lowest BCUT2D eigenvalue weighted by Gasteiger charge is -2.14. The predicted molar refractivity (Wildman–Crippen MR) is 90.7 cm³/mol. The molecule has 6 heteroatoms. The highest BCUT2D eigenvalue weighted by atomic mass is 16.6. The molecule has 0 aliphatic rings. The summed E-state index contributed by atoms with van der Waals surface area (Å²) in [6.07, 6.45) is -0.756. The van der Waals surface area contributed by atoms with Crippen molar-refractivity contribution in [2.45, 2.75) is 13.0 Å². The van der Waals surface area contributed by atoms with Crippen LogP contribution in [0.2, 0.25) is 0 Å². The number of benzene rings is 2. The van der Waals surface area contributed by atoms with Crippen LogP contribution >= 0.6 is 0 Å². The Hall–Kier alpha value is -3.20. The first-order chi connectivity index (χ1) is 12.1. The summed E-state index contributed by atoms with van der Waals surface area (Å²) in [5.41, 5.74) is 0.526. The minimum absolute atomic E-state index is 0.117. The van der Waals surface area contributed by atoms with E-state index in [1.54, 1.807) is 62.6 Å². The molecule has 0 bridgehead atoms. The highest BCUT2D eigenvalue weighted by molar-refractivity contribution is 5.74. The molecule has 0 spiro atoms. The van der Waals surface area contributed by atoms with E-state index in [0.717, 1.165) is 5.75 Å². The molecule has 0 aliphatic carbocycles. The molecular formula is C19H19NO5. The van der Waals surface area contributed by atoms with E-state index in [0.29, 0.717) is 17.1 Å². The second kappa shape index (κ2) is 9.18. The Kier molecular flexibility index (Phi) is 6.66. The van der Waals surface area contributed by atoms with Gasteiger partial charge in [0.15, 0.2) is 6.10 Å². The molecule has 25 heavy (non-hydrogen) atoms. The third kappa shape index (κ3) is 5.74. The molecule has 2 rings (SSSR count). The molecule has 1 atom stereocenters. The molecule has 0 saturated heterocycles. The lowest BCUT2D eigenvalue weighted by atomic mass is 10.2. The van der Waals surface area contributed by atoms with Crippen LogP contribution in [0.5, 0.6) is 17.2 Å². The van der Waals surface area contributed by atoms with E-state index in [4.69, 9.17) is 24.2 Å². The molecule has 2 aromatic carbocycles. The second-order valence-electron chi connectivity index (χ2n) is 5.09. The maximum atomic E-state index is 11.9. The average molecular weight is 341 g/mol. The Morgan fingerprint density at radius 2 is 1.60 bits per heavy atom. The van der Waals surface area contributed by atoms with Crippen molar-refractivity contribution in [2.75, 3.05) is 20.3 Å². The van der Waals surface area contributed by atoms with E-state index in [9.17, 15) is 4.79 Å². The van der Waals surface area contributed by atoms with Gasteiger partial charge in [0.2, 0.25) is 0 Å². The van der Waals surface area contributed by atoms with Crippen molar-refractivity contribution in [3.05, 3.63) is 54.1 Å². The molecule has 0 N–H and O–H groups in total. The number of carbonyl (C=O) groups is 1. The molecule has 0 heterocycles. The van der Waals surface area contributed by atoms with Gasteiger partial charge >= 0.3 is 5.97 Å². The van der Waals surface area contributed by atoms with Gasteiger partial charge in [-0.15, -0.1) is 0 Å². The summed E-state index contributed by atoms with van der Waals surface area (Å²) in [4.78, 5) is 11.9. The first-order valence-electron chi connectivity index (χ1n) is 7.72. The van der Waals surface area contributed by atoms with E-state index in [2.05, 4.69) is 0 Å². The summed E-state index contributed by atoms with van der Waals surface area (Å²) < 4.78 is 21.1. The zero-order valence-electron chi connectivity index (χ0n) is 14.1. The third-order valence-electron chi connectivity index (χ3n) is 3.28. The van der Waals surface area contributed by atoms with Gasteiger partial charge in [0.1, 0.15) is 30.5 Å². The molecule has 0 unspecified atom stereocenters. The first-order valence-corrected chi connectivity index (χ1v) is 7.72. The van der Waals surface area contributed by atoms with Gasteiger partial charge in [-0.2, -0.15) is 5.26 Å². The summed E-state index contributed by atoms with van der Waals surface area (Å²) >= 11 is 0. The molecule has 0 fully saturated rings. The SMILES string of the molecule is COc1ccc(OCCOC(=O)[C@@H](C)Oc2ccc(C#N)cc2)cc1. The van der Waals surface area contributed by atoms with Crippen molar-refractivity contribution in [3.8, 4) is 23.3 Å². The van der Waals surface area contributed by atoms with Crippen LogP contribution < -0.4 is 14.2 Å². The number of hydrogen-bond donors (Lipinski definition) is 0. The van der Waals surface area contributed by atoms with E-state index in [1.165, 1.54) is 0 Å². The maximum absolute atomic E-state index is 11.9. The van der Waals surface area contributed by atoms with Crippen LogP contribution in [0, 0.1) is 11.3 Å². The zero-order chi connectivity index (χ0) is 18.1. The Balaban J connectivity index is 1.70. The monoisotopic (exact) mass is 341 g/mol. The van der Waals surface area contributed by atoms with Crippen LogP contribution in [0.4, 0.5) is 0 Å². The minimum Gasteiger partial charge on any atom is -0.497 e. The van der Waals surface area contributed by atoms with Crippen molar-refractivity contribution in [3.63, 3.8) is 0 Å². The molecule has 0 amide bonds. The number of nitrogens with zero attached hydrogens (tertiary/aromatic N) is 1. The summed E-state index contributed by atoms with van der Waals surface area (Å²) in [6, 6.07) is 15.6. The predicted octanol–water partition coefficient (Wildman–Crippen LogP) is 2.96. The van der Waals surface area contributed by atoms with Crippen molar-refractivity contribution in [1.82, 2.24) is 0 Å². The zero-order valence-corrected chi connectivity index (χ0v) is 14.1. The third-order valence-corrected chi connectivity index (χ3v) is 3.28. The van der Waals surface area contributed by atoms with Gasteiger partial charge in [0, 0.05) is 0 Å². The fourth-order valence-corrected chi connectivity index (χ4v) is 1.95. The standard InChI is InChI=1S/C19H19NO5/c1-14(25-18-5-3-15(13-20)4-6-18)19(21)24-12-11-23-17-9-7-16(22-2)8-10-17/h3-10,14H,11-12H2,1-2H3/t14-/m1/s1. The van der Waals surface area contributed by atoms with Crippen LogP contribution in [0.15, 0.2) is 48.5 Å². The first kappa shape index (κ1) is 18.1. The van der Waals surface area contributed by atoms with E-state index in [1.807, 2.05) is 6.07 Å². The Morgan fingerprint density at radius 3 is 2.20 bits per heavy atom. The van der Waals surface area contributed by atoms with Crippen molar-refractivity contribution in [1.29, 1.82) is 5.26 Å². The highest BCUT2D eigenvalue weighted by Crippen LogP contribution is 2.17. The molecule has 0 radical (unpaired) electrons. The molecule has 2 aromatic rings. The summed E-state index contributed by atoms with van der Waals surface area (Å²) in [5, 5.41) is 8.74. The van der Waals surface area contributed by atoms with E-state index in [-0.39, 0.29) is 13.2 Å². The fourth-order valence-electron chi connectivity index (χ4n) is 1.95. The molecule has 0 aliphatic heterocycles. The number of nitriles is 1. The topological polar surface area (TPSA) is 77.8 Å². The van der Waals surface area contributed by atoms with Crippen LogP contribution in [0.1, 0.15) is 12.5 Å². The second-order valence-corrected chi connectivity index (χ2v) is 5.09. The highest BCUT2D eigenvalue weighted by Gasteiger charge is 2.16. The smallest absolute Gasteiger partial charge is 0.347 e. The van der Waals surface area contributed by atoms with E-state index < -0.39 is 12.1 Å². The van der Waals surface area contributed by atoms with Gasteiger partial charge in [-0.1, -0.05) is 0 Å². The quantitative estimate of drug-likeness (QED) is 0.543. The summed E-state index contributed by atoms with van der Waals surface area (Å²) in [7, 11) is 1.59. The van der Waals surface area contributed by atoms with Gasteiger partial charge in [-0.3, -0.25) is 0 Å². The number of esters is 1.